The van der Waals surface area contributed by atoms with E-state index >= 15 is 0 Å². The Labute approximate surface area is 129 Å². The van der Waals surface area contributed by atoms with Gasteiger partial charge in [-0.25, -0.2) is 0 Å². The van der Waals surface area contributed by atoms with Crippen LogP contribution in [0.3, 0.4) is 0 Å². The van der Waals surface area contributed by atoms with Gasteiger partial charge in [-0.15, -0.1) is 5.10 Å². The first-order valence-corrected chi connectivity index (χ1v) is 7.62. The Bertz CT molecular complexity index is 470. The molecular weight excluding hydrogens is 381 g/mol. The maximum absolute atomic E-state index is 12.1. The van der Waals surface area contributed by atoms with Crippen molar-refractivity contribution in [3.05, 3.63) is 10.6 Å². The molecule has 1 rings (SSSR count). The van der Waals surface area contributed by atoms with Crippen molar-refractivity contribution in [3.8, 4) is 0 Å². The van der Waals surface area contributed by atoms with E-state index in [1.54, 1.807) is 0 Å². The zero-order chi connectivity index (χ0) is 14.6. The number of nitrogens with one attached hydrogen (secondary N) is 1. The second-order valence-electron chi connectivity index (χ2n) is 4.90. The van der Waals surface area contributed by atoms with Crippen LogP contribution in [0.2, 0.25) is 0 Å². The topological polar surface area (TPSA) is 81.2 Å². The Morgan fingerprint density at radius 1 is 1.47 bits per heavy atom. The van der Waals surface area contributed by atoms with Crippen molar-refractivity contribution in [1.82, 2.24) is 14.9 Å². The van der Waals surface area contributed by atoms with E-state index in [-0.39, 0.29) is 23.8 Å². The van der Waals surface area contributed by atoms with Crippen LogP contribution in [0.5, 0.6) is 0 Å². The molecule has 1 unspecified atom stereocenters. The van der Waals surface area contributed by atoms with E-state index in [1.165, 1.54) is 7.11 Å². The molecule has 1 aromatic rings. The lowest BCUT2D eigenvalue weighted by atomic mass is 9.91. The van der Waals surface area contributed by atoms with Crippen LogP contribution in [0.25, 0.3) is 0 Å². The maximum Gasteiger partial charge on any atom is 0.320 e. The number of rotatable bonds is 4. The molecule has 0 saturated heterocycles. The van der Waals surface area contributed by atoms with Crippen LogP contribution in [0.4, 0.5) is 0 Å². The molecule has 0 aliphatic heterocycles. The summed E-state index contributed by atoms with van der Waals surface area (Å²) in [6.07, 6.45) is 0. The van der Waals surface area contributed by atoms with Crippen LogP contribution < -0.4 is 5.32 Å². The molecule has 0 aliphatic rings. The van der Waals surface area contributed by atoms with Gasteiger partial charge < -0.3 is 10.1 Å². The van der Waals surface area contributed by atoms with Crippen LogP contribution in [0.15, 0.2) is 0 Å². The molecule has 0 aliphatic carbocycles. The molecule has 0 saturated carbocycles. The summed E-state index contributed by atoms with van der Waals surface area (Å²) in [6, 6.07) is 0. The molecule has 1 N–H and O–H groups in total. The third kappa shape index (κ3) is 4.37. The van der Waals surface area contributed by atoms with Crippen molar-refractivity contribution in [2.45, 2.75) is 30.1 Å². The maximum atomic E-state index is 12.1. The van der Waals surface area contributed by atoms with Gasteiger partial charge in [-0.3, -0.25) is 9.59 Å². The Balaban J connectivity index is 2.70. The van der Waals surface area contributed by atoms with Crippen LogP contribution in [-0.2, 0) is 14.9 Å². The Kier molecular flexibility index (Phi) is 5.65. The minimum absolute atomic E-state index is 0.216. The minimum atomic E-state index is -0.412. The zero-order valence-corrected chi connectivity index (χ0v) is 14.2. The lowest BCUT2D eigenvalue weighted by molar-refractivity contribution is -0.139. The van der Waals surface area contributed by atoms with Crippen molar-refractivity contribution < 1.29 is 14.3 Å². The standard InChI is InChI=1S/C11H16IN3O3S/c1-11(2,3)8-7(19-15-14-8)9(16)13-5-6(12)10(17)18-4/h6H,5H2,1-4H3,(H,13,16). The van der Waals surface area contributed by atoms with E-state index in [2.05, 4.69) is 19.6 Å². The Hall–Kier alpha value is -0.770. The number of carbonyl (C=O) groups excluding carboxylic acids is 2. The van der Waals surface area contributed by atoms with Crippen LogP contribution in [-0.4, -0.2) is 39.0 Å². The first-order valence-electron chi connectivity index (χ1n) is 5.60. The summed E-state index contributed by atoms with van der Waals surface area (Å²) in [5.74, 6) is -0.620. The van der Waals surface area contributed by atoms with E-state index < -0.39 is 3.92 Å². The fraction of sp³-hybridized carbons (Fsp3) is 0.636. The number of methoxy groups -OCH3 is 1. The van der Waals surface area contributed by atoms with Crippen molar-refractivity contribution in [2.75, 3.05) is 13.7 Å². The summed E-state index contributed by atoms with van der Waals surface area (Å²) in [5, 5.41) is 6.70. The van der Waals surface area contributed by atoms with Crippen molar-refractivity contribution in [1.29, 1.82) is 0 Å². The Morgan fingerprint density at radius 2 is 2.11 bits per heavy atom. The highest BCUT2D eigenvalue weighted by Gasteiger charge is 2.27. The molecule has 106 valence electrons. The second kappa shape index (κ2) is 6.60. The third-order valence-corrected chi connectivity index (χ3v) is 3.98. The lowest BCUT2D eigenvalue weighted by Gasteiger charge is -2.16. The number of carbonyl (C=O) groups is 2. The number of hydrogen-bond acceptors (Lipinski definition) is 6. The van der Waals surface area contributed by atoms with Gasteiger partial charge in [0.05, 0.1) is 12.8 Å². The fourth-order valence-electron chi connectivity index (χ4n) is 1.30. The SMILES string of the molecule is COC(=O)C(I)CNC(=O)c1snnc1C(C)(C)C. The number of ether oxygens (including phenoxy) is 1. The number of alkyl halides is 1. The number of aromatic nitrogens is 2. The molecule has 1 aromatic heterocycles. The summed E-state index contributed by atoms with van der Waals surface area (Å²) in [4.78, 5) is 23.8. The summed E-state index contributed by atoms with van der Waals surface area (Å²) >= 11 is 2.99. The zero-order valence-electron chi connectivity index (χ0n) is 11.2. The molecule has 0 bridgehead atoms. The van der Waals surface area contributed by atoms with E-state index in [1.807, 2.05) is 43.4 Å². The molecule has 0 spiro atoms. The van der Waals surface area contributed by atoms with Crippen molar-refractivity contribution >= 4 is 46.0 Å². The summed E-state index contributed by atoms with van der Waals surface area (Å²) in [6.45, 7) is 6.12. The molecule has 0 radical (unpaired) electrons. The normalized spacial score (nSPS) is 12.9. The predicted octanol–water partition coefficient (Wildman–Crippen LogP) is 1.54. The predicted molar refractivity (Wildman–Crippen MR) is 80.8 cm³/mol. The lowest BCUT2D eigenvalue weighted by Crippen LogP contribution is -2.34. The van der Waals surface area contributed by atoms with Gasteiger partial charge in [0.1, 0.15) is 8.80 Å². The van der Waals surface area contributed by atoms with Gasteiger partial charge in [0.15, 0.2) is 0 Å². The van der Waals surface area contributed by atoms with Crippen molar-refractivity contribution in [3.63, 3.8) is 0 Å². The molecule has 6 nitrogen and oxygen atoms in total. The first-order chi connectivity index (χ1) is 8.77. The highest BCUT2D eigenvalue weighted by molar-refractivity contribution is 14.1. The van der Waals surface area contributed by atoms with Crippen LogP contribution in [0, 0.1) is 0 Å². The number of esters is 1. The van der Waals surface area contributed by atoms with Crippen molar-refractivity contribution in [2.24, 2.45) is 0 Å². The molecule has 1 heterocycles. The van der Waals surface area contributed by atoms with E-state index in [4.69, 9.17) is 0 Å². The Morgan fingerprint density at radius 3 is 2.63 bits per heavy atom. The molecule has 8 heteroatoms. The summed E-state index contributed by atoms with van der Waals surface area (Å²) < 4.78 is 8.01. The number of hydrogen-bond donors (Lipinski definition) is 1. The molecule has 0 aromatic carbocycles. The van der Waals surface area contributed by atoms with Gasteiger partial charge in [-0.1, -0.05) is 47.9 Å². The van der Waals surface area contributed by atoms with Gasteiger partial charge in [0.25, 0.3) is 5.91 Å². The minimum Gasteiger partial charge on any atom is -0.468 e. The van der Waals surface area contributed by atoms with E-state index in [0.29, 0.717) is 10.6 Å². The van der Waals surface area contributed by atoms with Crippen LogP contribution in [0.1, 0.15) is 36.1 Å². The molecular formula is C11H16IN3O3S. The number of halogens is 1. The molecule has 1 amide bonds. The molecule has 0 fully saturated rings. The number of nitrogens with zero attached hydrogens (tertiary/aromatic N) is 2. The third-order valence-electron chi connectivity index (χ3n) is 2.30. The van der Waals surface area contributed by atoms with Gasteiger partial charge in [0, 0.05) is 12.0 Å². The van der Waals surface area contributed by atoms with Gasteiger partial charge in [-0.2, -0.15) is 0 Å². The largest absolute Gasteiger partial charge is 0.468 e. The average Bonchev–Trinajstić information content (AvgIpc) is 2.83. The summed E-state index contributed by atoms with van der Waals surface area (Å²) in [5.41, 5.74) is 0.421. The number of amides is 1. The molecule has 1 atom stereocenters. The van der Waals surface area contributed by atoms with Gasteiger partial charge >= 0.3 is 5.97 Å². The highest BCUT2D eigenvalue weighted by atomic mass is 127. The quantitative estimate of drug-likeness (QED) is 0.474. The average molecular weight is 397 g/mol. The van der Waals surface area contributed by atoms with Gasteiger partial charge in [-0.05, 0) is 11.5 Å². The molecule has 19 heavy (non-hydrogen) atoms. The smallest absolute Gasteiger partial charge is 0.320 e. The van der Waals surface area contributed by atoms with Crippen LogP contribution >= 0.6 is 34.1 Å². The van der Waals surface area contributed by atoms with E-state index in [9.17, 15) is 9.59 Å². The first kappa shape index (κ1) is 16.3. The summed E-state index contributed by atoms with van der Waals surface area (Å²) in [7, 11) is 1.32. The highest BCUT2D eigenvalue weighted by Crippen LogP contribution is 2.25. The second-order valence-corrected chi connectivity index (χ2v) is 7.16. The fourth-order valence-corrected chi connectivity index (χ4v) is 2.57. The monoisotopic (exact) mass is 397 g/mol. The van der Waals surface area contributed by atoms with Gasteiger partial charge in [0.2, 0.25) is 0 Å². The van der Waals surface area contributed by atoms with E-state index in [0.717, 1.165) is 11.5 Å².